The Morgan fingerprint density at radius 2 is 1.76 bits per heavy atom. The van der Waals surface area contributed by atoms with Crippen LogP contribution in [-0.2, 0) is 28.5 Å². The number of rotatable bonds is 9. The van der Waals surface area contributed by atoms with Gasteiger partial charge >= 0.3 is 11.9 Å². The molecule has 0 saturated heterocycles. The lowest BCUT2D eigenvalue weighted by atomic mass is 10.3. The number of hydrogen-bond acceptors (Lipinski definition) is 6. The van der Waals surface area contributed by atoms with E-state index in [0.29, 0.717) is 6.42 Å². The highest BCUT2D eigenvalue weighted by atomic mass is 16.9. The Morgan fingerprint density at radius 3 is 2.18 bits per heavy atom. The average Bonchev–Trinajstić information content (AvgIpc) is 2.31. The second-order valence-corrected chi connectivity index (χ2v) is 3.12. The first-order chi connectivity index (χ1) is 8.03. The summed E-state index contributed by atoms with van der Waals surface area (Å²) in [7, 11) is 2.76. The molecular weight excluding hydrogens is 232 g/mol. The Hall–Kier alpha value is -1.18. The maximum absolute atomic E-state index is 11.2. The first-order valence-corrected chi connectivity index (χ1v) is 5.15. The number of carbonyl (C=O) groups is 2. The van der Waals surface area contributed by atoms with E-state index in [4.69, 9.17) is 24.1 Å². The van der Waals surface area contributed by atoms with E-state index in [1.54, 1.807) is 6.92 Å². The quantitative estimate of drug-likeness (QED) is 0.476. The Kier molecular flexibility index (Phi) is 8.29. The third-order valence-electron chi connectivity index (χ3n) is 1.79. The van der Waals surface area contributed by atoms with E-state index < -0.39 is 24.7 Å². The molecule has 7 nitrogen and oxygen atoms in total. The van der Waals surface area contributed by atoms with Gasteiger partial charge in [0.2, 0.25) is 6.29 Å². The van der Waals surface area contributed by atoms with E-state index >= 15 is 0 Å². The summed E-state index contributed by atoms with van der Waals surface area (Å²) in [5, 5.41) is 8.40. The topological polar surface area (TPSA) is 91.3 Å². The summed E-state index contributed by atoms with van der Waals surface area (Å²) in [6.45, 7) is 0.824. The highest BCUT2D eigenvalue weighted by Gasteiger charge is 2.18. The molecule has 1 unspecified atom stereocenters. The maximum Gasteiger partial charge on any atom is 0.308 e. The lowest BCUT2D eigenvalue weighted by molar-refractivity contribution is -0.319. The molecule has 0 spiro atoms. The molecule has 0 amide bonds. The summed E-state index contributed by atoms with van der Waals surface area (Å²) in [4.78, 5) is 21.5. The lowest BCUT2D eigenvalue weighted by Crippen LogP contribution is -2.29. The van der Waals surface area contributed by atoms with Gasteiger partial charge in [0.15, 0.2) is 0 Å². The number of aliphatic carboxylic acids is 1. The maximum atomic E-state index is 11.2. The van der Waals surface area contributed by atoms with Crippen LogP contribution < -0.4 is 0 Å². The fraction of sp³-hybridized carbons (Fsp3) is 0.800. The van der Waals surface area contributed by atoms with Crippen LogP contribution in [0.2, 0.25) is 0 Å². The predicted molar refractivity (Wildman–Crippen MR) is 55.9 cm³/mol. The number of hydrogen-bond donors (Lipinski definition) is 1. The van der Waals surface area contributed by atoms with E-state index in [2.05, 4.69) is 0 Å². The summed E-state index contributed by atoms with van der Waals surface area (Å²) < 4.78 is 19.6. The molecule has 0 bridgehead atoms. The second kappa shape index (κ2) is 8.91. The highest BCUT2D eigenvalue weighted by molar-refractivity contribution is 5.76. The minimum atomic E-state index is -1.05. The van der Waals surface area contributed by atoms with Crippen LogP contribution in [0.5, 0.6) is 0 Å². The summed E-state index contributed by atoms with van der Waals surface area (Å²) >= 11 is 0. The number of carbonyl (C=O) groups excluding carboxylic acids is 1. The van der Waals surface area contributed by atoms with Gasteiger partial charge in [0.1, 0.15) is 0 Å². The molecule has 1 N–H and O–H groups in total. The zero-order chi connectivity index (χ0) is 13.3. The van der Waals surface area contributed by atoms with Gasteiger partial charge in [-0.05, 0) is 0 Å². The molecule has 0 radical (unpaired) electrons. The molecule has 0 aliphatic rings. The van der Waals surface area contributed by atoms with Gasteiger partial charge in [-0.1, -0.05) is 6.92 Å². The van der Waals surface area contributed by atoms with Crippen molar-refractivity contribution in [3.63, 3.8) is 0 Å². The molecule has 0 heterocycles. The van der Waals surface area contributed by atoms with Crippen molar-refractivity contribution in [1.82, 2.24) is 0 Å². The number of carboxylic acid groups (broad SMARTS) is 1. The zero-order valence-corrected chi connectivity index (χ0v) is 10.2. The lowest BCUT2D eigenvalue weighted by Gasteiger charge is -2.21. The molecule has 0 fully saturated rings. The molecule has 0 rings (SSSR count). The van der Waals surface area contributed by atoms with Crippen LogP contribution >= 0.6 is 0 Å². The van der Waals surface area contributed by atoms with Gasteiger partial charge < -0.3 is 19.3 Å². The van der Waals surface area contributed by atoms with Crippen molar-refractivity contribution in [3.05, 3.63) is 0 Å². The Bertz CT molecular complexity index is 237. The highest BCUT2D eigenvalue weighted by Crippen LogP contribution is 2.08. The molecule has 0 aromatic heterocycles. The van der Waals surface area contributed by atoms with Gasteiger partial charge in [-0.15, -0.1) is 0 Å². The van der Waals surface area contributed by atoms with Crippen molar-refractivity contribution in [2.45, 2.75) is 39.0 Å². The normalized spacial score (nSPS) is 12.5. The standard InChI is InChI=1S/C10H18O7/c1-4-9(17-10(14-2)15-3)16-8(13)6-5-7(11)12/h9-10H,4-6H2,1-3H3,(H,11,12). The van der Waals surface area contributed by atoms with Gasteiger partial charge in [0.25, 0.3) is 6.48 Å². The molecular formula is C10H18O7. The fourth-order valence-electron chi connectivity index (χ4n) is 0.953. The number of methoxy groups -OCH3 is 2. The zero-order valence-electron chi connectivity index (χ0n) is 10.2. The molecule has 1 atom stereocenters. The van der Waals surface area contributed by atoms with Gasteiger partial charge in [-0.3, -0.25) is 14.3 Å². The smallest absolute Gasteiger partial charge is 0.308 e. The van der Waals surface area contributed by atoms with Crippen molar-refractivity contribution in [1.29, 1.82) is 0 Å². The molecule has 0 aliphatic heterocycles. The molecule has 0 saturated carbocycles. The third-order valence-corrected chi connectivity index (χ3v) is 1.79. The van der Waals surface area contributed by atoms with E-state index in [0.717, 1.165) is 0 Å². The first kappa shape index (κ1) is 15.8. The van der Waals surface area contributed by atoms with Crippen LogP contribution in [0.15, 0.2) is 0 Å². The van der Waals surface area contributed by atoms with E-state index in [-0.39, 0.29) is 12.8 Å². The predicted octanol–water partition coefficient (Wildman–Crippen LogP) is 0.724. The van der Waals surface area contributed by atoms with Crippen LogP contribution in [0, 0.1) is 0 Å². The molecule has 100 valence electrons. The minimum absolute atomic E-state index is 0.195. The summed E-state index contributed by atoms with van der Waals surface area (Å²) in [6.07, 6.45) is -0.879. The van der Waals surface area contributed by atoms with Crippen molar-refractivity contribution < 1.29 is 33.6 Å². The van der Waals surface area contributed by atoms with Gasteiger partial charge in [0.05, 0.1) is 12.8 Å². The number of esters is 1. The summed E-state index contributed by atoms with van der Waals surface area (Å²) in [5.74, 6) is -1.69. The largest absolute Gasteiger partial charge is 0.481 e. The van der Waals surface area contributed by atoms with E-state index in [1.165, 1.54) is 14.2 Å². The first-order valence-electron chi connectivity index (χ1n) is 5.15. The Balaban J connectivity index is 4.02. The summed E-state index contributed by atoms with van der Waals surface area (Å²) in [5.41, 5.74) is 0. The molecule has 0 aliphatic carbocycles. The van der Waals surface area contributed by atoms with Crippen LogP contribution in [0.3, 0.4) is 0 Å². The van der Waals surface area contributed by atoms with Crippen LogP contribution in [0.1, 0.15) is 26.2 Å². The SMILES string of the molecule is CCC(OC(=O)CCC(=O)O)OC(OC)OC. The third kappa shape index (κ3) is 7.67. The minimum Gasteiger partial charge on any atom is -0.481 e. The van der Waals surface area contributed by atoms with Crippen molar-refractivity contribution in [3.8, 4) is 0 Å². The Morgan fingerprint density at radius 1 is 1.18 bits per heavy atom. The Labute approximate surface area is 99.6 Å². The van der Waals surface area contributed by atoms with Gasteiger partial charge in [-0.2, -0.15) is 0 Å². The second-order valence-electron chi connectivity index (χ2n) is 3.12. The van der Waals surface area contributed by atoms with E-state index in [1.807, 2.05) is 0 Å². The average molecular weight is 250 g/mol. The molecule has 7 heteroatoms. The molecule has 0 aromatic carbocycles. The van der Waals surface area contributed by atoms with Crippen molar-refractivity contribution in [2.75, 3.05) is 14.2 Å². The van der Waals surface area contributed by atoms with Crippen LogP contribution in [-0.4, -0.2) is 44.0 Å². The van der Waals surface area contributed by atoms with E-state index in [9.17, 15) is 9.59 Å². The number of ether oxygens (including phenoxy) is 4. The fourth-order valence-corrected chi connectivity index (χ4v) is 0.953. The summed E-state index contributed by atoms with van der Waals surface area (Å²) in [6, 6.07) is 0. The van der Waals surface area contributed by atoms with Gasteiger partial charge in [0, 0.05) is 20.6 Å². The van der Waals surface area contributed by atoms with Crippen LogP contribution in [0.25, 0.3) is 0 Å². The van der Waals surface area contributed by atoms with Crippen LogP contribution in [0.4, 0.5) is 0 Å². The monoisotopic (exact) mass is 250 g/mol. The van der Waals surface area contributed by atoms with Gasteiger partial charge in [-0.25, -0.2) is 0 Å². The van der Waals surface area contributed by atoms with Crippen molar-refractivity contribution >= 4 is 11.9 Å². The van der Waals surface area contributed by atoms with Crippen molar-refractivity contribution in [2.24, 2.45) is 0 Å². The molecule has 17 heavy (non-hydrogen) atoms. The molecule has 0 aromatic rings. The number of carboxylic acids is 1.